The molecular weight excluding hydrogens is 338 g/mol. The van der Waals surface area contributed by atoms with E-state index in [1.54, 1.807) is 6.20 Å². The zero-order valence-corrected chi connectivity index (χ0v) is 15.3. The molecule has 2 N–H and O–H groups in total. The van der Waals surface area contributed by atoms with E-state index in [4.69, 9.17) is 4.74 Å². The van der Waals surface area contributed by atoms with Gasteiger partial charge in [0.1, 0.15) is 0 Å². The van der Waals surface area contributed by atoms with E-state index in [1.807, 2.05) is 79.7 Å². The molecule has 0 fully saturated rings. The number of benzene rings is 2. The number of urea groups is 1. The van der Waals surface area contributed by atoms with Crippen LogP contribution in [-0.4, -0.2) is 17.6 Å². The number of hydrogen-bond acceptors (Lipinski definition) is 3. The summed E-state index contributed by atoms with van der Waals surface area (Å²) in [6, 6.07) is 23.1. The molecule has 5 heteroatoms. The third-order valence-electron chi connectivity index (χ3n) is 4.11. The SMILES string of the molecule is CCOc1ncccc1CNC(=O)NC(c1ccccc1)c1ccccc1. The molecule has 0 radical (unpaired) electrons. The van der Waals surface area contributed by atoms with Crippen LogP contribution >= 0.6 is 0 Å². The van der Waals surface area contributed by atoms with Crippen molar-refractivity contribution >= 4 is 6.03 Å². The topological polar surface area (TPSA) is 63.2 Å². The van der Waals surface area contributed by atoms with Crippen LogP contribution in [0.3, 0.4) is 0 Å². The average Bonchev–Trinajstić information content (AvgIpc) is 2.73. The number of rotatable bonds is 7. The van der Waals surface area contributed by atoms with Crippen LogP contribution in [0, 0.1) is 0 Å². The summed E-state index contributed by atoms with van der Waals surface area (Å²) in [7, 11) is 0. The summed E-state index contributed by atoms with van der Waals surface area (Å²) in [5, 5.41) is 5.96. The Morgan fingerprint density at radius 1 is 0.963 bits per heavy atom. The van der Waals surface area contributed by atoms with Crippen molar-refractivity contribution in [2.45, 2.75) is 19.5 Å². The van der Waals surface area contributed by atoms with Gasteiger partial charge in [0.2, 0.25) is 5.88 Å². The normalized spacial score (nSPS) is 10.4. The zero-order chi connectivity index (χ0) is 18.9. The van der Waals surface area contributed by atoms with Gasteiger partial charge in [-0.25, -0.2) is 9.78 Å². The minimum Gasteiger partial charge on any atom is -0.478 e. The molecule has 0 saturated carbocycles. The summed E-state index contributed by atoms with van der Waals surface area (Å²) in [5.41, 5.74) is 2.89. The van der Waals surface area contributed by atoms with Gasteiger partial charge in [0.15, 0.2) is 0 Å². The van der Waals surface area contributed by atoms with E-state index in [0.717, 1.165) is 16.7 Å². The highest BCUT2D eigenvalue weighted by atomic mass is 16.5. The van der Waals surface area contributed by atoms with Crippen molar-refractivity contribution in [2.75, 3.05) is 6.61 Å². The Morgan fingerprint density at radius 2 is 1.59 bits per heavy atom. The van der Waals surface area contributed by atoms with Gasteiger partial charge in [-0.15, -0.1) is 0 Å². The fourth-order valence-corrected chi connectivity index (χ4v) is 2.83. The van der Waals surface area contributed by atoms with E-state index in [9.17, 15) is 4.79 Å². The highest BCUT2D eigenvalue weighted by molar-refractivity contribution is 5.75. The van der Waals surface area contributed by atoms with E-state index in [0.29, 0.717) is 19.0 Å². The summed E-state index contributed by atoms with van der Waals surface area (Å²) in [6.07, 6.45) is 1.68. The molecule has 2 amide bonds. The maximum Gasteiger partial charge on any atom is 0.315 e. The van der Waals surface area contributed by atoms with Gasteiger partial charge < -0.3 is 15.4 Å². The van der Waals surface area contributed by atoms with Gasteiger partial charge in [-0.3, -0.25) is 0 Å². The van der Waals surface area contributed by atoms with Gasteiger partial charge in [0.05, 0.1) is 12.6 Å². The second-order valence-electron chi connectivity index (χ2n) is 5.98. The third-order valence-corrected chi connectivity index (χ3v) is 4.11. The molecule has 0 atom stereocenters. The maximum absolute atomic E-state index is 12.6. The first-order valence-electron chi connectivity index (χ1n) is 8.99. The van der Waals surface area contributed by atoms with Crippen molar-refractivity contribution in [1.29, 1.82) is 0 Å². The molecule has 3 rings (SSSR count). The lowest BCUT2D eigenvalue weighted by atomic mass is 9.99. The first kappa shape index (κ1) is 18.5. The Hall–Kier alpha value is -3.34. The molecule has 0 aliphatic heterocycles. The molecule has 2 aromatic carbocycles. The van der Waals surface area contributed by atoms with Gasteiger partial charge in [0, 0.05) is 18.3 Å². The molecule has 0 unspecified atom stereocenters. The number of amides is 2. The molecule has 5 nitrogen and oxygen atoms in total. The highest BCUT2D eigenvalue weighted by Gasteiger charge is 2.16. The fraction of sp³-hybridized carbons (Fsp3) is 0.182. The third kappa shape index (κ3) is 5.07. The van der Waals surface area contributed by atoms with Crippen molar-refractivity contribution in [3.63, 3.8) is 0 Å². The van der Waals surface area contributed by atoms with Crippen LogP contribution in [0.2, 0.25) is 0 Å². The smallest absolute Gasteiger partial charge is 0.315 e. The molecule has 1 aromatic heterocycles. The van der Waals surface area contributed by atoms with Crippen LogP contribution in [0.1, 0.15) is 29.7 Å². The zero-order valence-electron chi connectivity index (χ0n) is 15.3. The number of nitrogens with zero attached hydrogens (tertiary/aromatic N) is 1. The van der Waals surface area contributed by atoms with Crippen LogP contribution in [-0.2, 0) is 6.54 Å². The lowest BCUT2D eigenvalue weighted by Gasteiger charge is -2.20. The Bertz CT molecular complexity index is 814. The first-order valence-corrected chi connectivity index (χ1v) is 8.99. The summed E-state index contributed by atoms with van der Waals surface area (Å²) < 4.78 is 5.51. The van der Waals surface area contributed by atoms with Crippen LogP contribution in [0.4, 0.5) is 4.79 Å². The van der Waals surface area contributed by atoms with Gasteiger partial charge in [-0.05, 0) is 24.1 Å². The van der Waals surface area contributed by atoms with Crippen molar-refractivity contribution in [3.05, 3.63) is 95.7 Å². The first-order chi connectivity index (χ1) is 13.3. The monoisotopic (exact) mass is 361 g/mol. The molecule has 0 saturated heterocycles. The molecule has 0 bridgehead atoms. The number of carbonyl (C=O) groups excluding carboxylic acids is 1. The summed E-state index contributed by atoms with van der Waals surface area (Å²) >= 11 is 0. The molecule has 27 heavy (non-hydrogen) atoms. The van der Waals surface area contributed by atoms with Crippen LogP contribution in [0.25, 0.3) is 0 Å². The maximum atomic E-state index is 12.6. The number of aromatic nitrogens is 1. The van der Waals surface area contributed by atoms with Crippen molar-refractivity contribution in [1.82, 2.24) is 15.6 Å². The fourth-order valence-electron chi connectivity index (χ4n) is 2.83. The highest BCUT2D eigenvalue weighted by Crippen LogP contribution is 2.21. The molecule has 0 aliphatic carbocycles. The van der Waals surface area contributed by atoms with E-state index in [-0.39, 0.29) is 12.1 Å². The number of hydrogen-bond donors (Lipinski definition) is 2. The van der Waals surface area contributed by atoms with E-state index in [1.165, 1.54) is 0 Å². The Balaban J connectivity index is 1.70. The summed E-state index contributed by atoms with van der Waals surface area (Å²) in [6.45, 7) is 2.77. The number of ether oxygens (including phenoxy) is 1. The lowest BCUT2D eigenvalue weighted by Crippen LogP contribution is -2.38. The molecule has 3 aromatic rings. The van der Waals surface area contributed by atoms with E-state index in [2.05, 4.69) is 15.6 Å². The molecule has 0 aliphatic rings. The average molecular weight is 361 g/mol. The van der Waals surface area contributed by atoms with Gasteiger partial charge in [-0.2, -0.15) is 0 Å². The van der Waals surface area contributed by atoms with Crippen molar-refractivity contribution < 1.29 is 9.53 Å². The summed E-state index contributed by atoms with van der Waals surface area (Å²) in [4.78, 5) is 16.8. The quantitative estimate of drug-likeness (QED) is 0.667. The minimum atomic E-state index is -0.251. The van der Waals surface area contributed by atoms with Crippen molar-refractivity contribution in [2.24, 2.45) is 0 Å². The predicted molar refractivity (Wildman–Crippen MR) is 106 cm³/mol. The largest absolute Gasteiger partial charge is 0.478 e. The Labute approximate surface area is 159 Å². The second-order valence-corrected chi connectivity index (χ2v) is 5.98. The molecular formula is C22H23N3O2. The van der Waals surface area contributed by atoms with Crippen LogP contribution < -0.4 is 15.4 Å². The molecule has 0 spiro atoms. The lowest BCUT2D eigenvalue weighted by molar-refractivity contribution is 0.238. The van der Waals surface area contributed by atoms with Crippen molar-refractivity contribution in [3.8, 4) is 5.88 Å². The number of pyridine rings is 1. The van der Waals surface area contributed by atoms with Crippen LogP contribution in [0.15, 0.2) is 79.0 Å². The summed E-state index contributed by atoms with van der Waals surface area (Å²) in [5.74, 6) is 0.544. The number of carbonyl (C=O) groups is 1. The minimum absolute atomic E-state index is 0.229. The van der Waals surface area contributed by atoms with Gasteiger partial charge in [0.25, 0.3) is 0 Å². The molecule has 138 valence electrons. The Kier molecular flexibility index (Phi) is 6.41. The molecule has 1 heterocycles. The van der Waals surface area contributed by atoms with E-state index >= 15 is 0 Å². The van der Waals surface area contributed by atoms with E-state index < -0.39 is 0 Å². The predicted octanol–water partition coefficient (Wildman–Crippen LogP) is 4.07. The standard InChI is InChI=1S/C22H23N3O2/c1-2-27-21-19(14-9-15-23-21)16-24-22(26)25-20(17-10-5-3-6-11-17)18-12-7-4-8-13-18/h3-15,20H,2,16H2,1H3,(H2,24,25,26). The van der Waals surface area contributed by atoms with Gasteiger partial charge >= 0.3 is 6.03 Å². The Morgan fingerprint density at radius 3 is 2.19 bits per heavy atom. The second kappa shape index (κ2) is 9.38. The number of nitrogens with one attached hydrogen (secondary N) is 2. The van der Waals surface area contributed by atoms with Crippen LogP contribution in [0.5, 0.6) is 5.88 Å². The van der Waals surface area contributed by atoms with Gasteiger partial charge in [-0.1, -0.05) is 66.7 Å².